The molecule has 6 heteroatoms. The summed E-state index contributed by atoms with van der Waals surface area (Å²) >= 11 is 3.36. The number of rotatable bonds is 3. The number of halogens is 1. The van der Waals surface area contributed by atoms with E-state index in [1.54, 1.807) is 6.20 Å². The molecule has 1 N–H and O–H groups in total. The molecule has 1 fully saturated rings. The van der Waals surface area contributed by atoms with Crippen molar-refractivity contribution in [2.75, 3.05) is 25.1 Å². The van der Waals surface area contributed by atoms with Gasteiger partial charge in [-0.15, -0.1) is 0 Å². The van der Waals surface area contributed by atoms with Crippen LogP contribution in [0.5, 0.6) is 0 Å². The van der Waals surface area contributed by atoms with E-state index in [2.05, 4.69) is 30.6 Å². The lowest BCUT2D eigenvalue weighted by Crippen LogP contribution is -2.41. The Morgan fingerprint density at radius 1 is 1.53 bits per heavy atom. The van der Waals surface area contributed by atoms with Gasteiger partial charge in [0.05, 0.1) is 7.11 Å². The molecule has 1 aliphatic heterocycles. The molecule has 1 saturated heterocycles. The van der Waals surface area contributed by atoms with Gasteiger partial charge in [0.1, 0.15) is 5.82 Å². The van der Waals surface area contributed by atoms with Gasteiger partial charge in [-0.3, -0.25) is 0 Å². The normalized spacial score (nSPS) is 18.2. The van der Waals surface area contributed by atoms with E-state index in [0.717, 1.165) is 36.2 Å². The lowest BCUT2D eigenvalue weighted by molar-refractivity contribution is -0.153. The summed E-state index contributed by atoms with van der Waals surface area (Å²) in [7, 11) is 1.30. The van der Waals surface area contributed by atoms with Crippen molar-refractivity contribution >= 4 is 27.7 Å². The third-order valence-electron chi connectivity index (χ3n) is 3.46. The van der Waals surface area contributed by atoms with Gasteiger partial charge in [-0.2, -0.15) is 0 Å². The van der Waals surface area contributed by atoms with E-state index in [1.165, 1.54) is 7.11 Å². The first-order chi connectivity index (χ1) is 9.11. The van der Waals surface area contributed by atoms with Gasteiger partial charge >= 0.3 is 5.97 Å². The molecule has 0 unspecified atom stereocenters. The average molecular weight is 329 g/mol. The molecule has 104 valence electrons. The number of ether oxygens (including phenoxy) is 1. The molecule has 0 saturated carbocycles. The highest BCUT2D eigenvalue weighted by Crippen LogP contribution is 2.25. The quantitative estimate of drug-likeness (QED) is 0.854. The minimum absolute atomic E-state index is 0.0286. The first-order valence-corrected chi connectivity index (χ1v) is 7.03. The second-order valence-corrected chi connectivity index (χ2v) is 5.54. The van der Waals surface area contributed by atoms with Crippen LogP contribution in [0.15, 0.2) is 22.8 Å². The van der Waals surface area contributed by atoms with Crippen LogP contribution in [-0.2, 0) is 9.53 Å². The van der Waals surface area contributed by atoms with E-state index in [9.17, 15) is 9.90 Å². The zero-order valence-electron chi connectivity index (χ0n) is 10.8. The van der Waals surface area contributed by atoms with Gasteiger partial charge in [-0.1, -0.05) is 0 Å². The van der Waals surface area contributed by atoms with Crippen LogP contribution in [-0.4, -0.2) is 42.4 Å². The van der Waals surface area contributed by atoms with Gasteiger partial charge in [0.25, 0.3) is 0 Å². The van der Waals surface area contributed by atoms with Crippen molar-refractivity contribution < 1.29 is 14.6 Å². The van der Waals surface area contributed by atoms with Gasteiger partial charge < -0.3 is 14.7 Å². The Morgan fingerprint density at radius 2 is 2.21 bits per heavy atom. The third kappa shape index (κ3) is 3.45. The summed E-state index contributed by atoms with van der Waals surface area (Å²) in [6.45, 7) is 1.57. The van der Waals surface area contributed by atoms with Crippen molar-refractivity contribution in [2.45, 2.75) is 18.9 Å². The van der Waals surface area contributed by atoms with Crippen molar-refractivity contribution in [1.29, 1.82) is 0 Å². The highest BCUT2D eigenvalue weighted by molar-refractivity contribution is 9.10. The largest absolute Gasteiger partial charge is 0.467 e. The predicted octanol–water partition coefficient (Wildman–Crippen LogP) is 1.59. The number of hydrogen-bond acceptors (Lipinski definition) is 5. The number of hydrogen-bond donors (Lipinski definition) is 1. The van der Waals surface area contributed by atoms with Gasteiger partial charge in [-0.05, 0) is 46.8 Å². The number of aliphatic hydroxyl groups is 1. The molecule has 1 aliphatic rings. The molecule has 0 radical (unpaired) electrons. The van der Waals surface area contributed by atoms with Crippen LogP contribution in [0.3, 0.4) is 0 Å². The van der Waals surface area contributed by atoms with Crippen LogP contribution in [0, 0.1) is 5.92 Å². The van der Waals surface area contributed by atoms with E-state index in [4.69, 9.17) is 0 Å². The Balaban J connectivity index is 1.92. The van der Waals surface area contributed by atoms with Crippen molar-refractivity contribution in [3.8, 4) is 0 Å². The number of piperidine rings is 1. The standard InChI is InChI=1S/C13H17BrN2O3/c1-19-13(18)12(17)9-4-6-16(7-5-9)11-3-2-10(14)8-15-11/h2-3,8-9,12,17H,4-7H2,1H3/t12-/m1/s1. The van der Waals surface area contributed by atoms with Crippen LogP contribution in [0.2, 0.25) is 0 Å². The minimum Gasteiger partial charge on any atom is -0.467 e. The molecule has 1 atom stereocenters. The third-order valence-corrected chi connectivity index (χ3v) is 3.93. The fourth-order valence-corrected chi connectivity index (χ4v) is 2.55. The first-order valence-electron chi connectivity index (χ1n) is 6.24. The number of methoxy groups -OCH3 is 1. The topological polar surface area (TPSA) is 62.7 Å². The number of esters is 1. The number of pyridine rings is 1. The molecule has 0 aromatic carbocycles. The SMILES string of the molecule is COC(=O)[C@H](O)C1CCN(c2ccc(Br)cn2)CC1. The molecule has 0 aliphatic carbocycles. The summed E-state index contributed by atoms with van der Waals surface area (Å²) in [6.07, 6.45) is 2.28. The summed E-state index contributed by atoms with van der Waals surface area (Å²) in [5.74, 6) is 0.355. The molecule has 5 nitrogen and oxygen atoms in total. The minimum atomic E-state index is -1.01. The molecular formula is C13H17BrN2O3. The van der Waals surface area contributed by atoms with E-state index < -0.39 is 12.1 Å². The molecule has 19 heavy (non-hydrogen) atoms. The average Bonchev–Trinajstić information content (AvgIpc) is 2.46. The highest BCUT2D eigenvalue weighted by atomic mass is 79.9. The zero-order chi connectivity index (χ0) is 13.8. The van der Waals surface area contributed by atoms with Crippen LogP contribution in [0.25, 0.3) is 0 Å². The highest BCUT2D eigenvalue weighted by Gasteiger charge is 2.30. The lowest BCUT2D eigenvalue weighted by Gasteiger charge is -2.34. The van der Waals surface area contributed by atoms with Crippen molar-refractivity contribution in [3.63, 3.8) is 0 Å². The summed E-state index contributed by atoms with van der Waals surface area (Å²) in [4.78, 5) is 17.8. The number of carbonyl (C=O) groups excluding carboxylic acids is 1. The predicted molar refractivity (Wildman–Crippen MR) is 74.9 cm³/mol. The molecule has 0 spiro atoms. The summed E-state index contributed by atoms with van der Waals surface area (Å²) in [6, 6.07) is 3.92. The maximum atomic E-state index is 11.3. The summed E-state index contributed by atoms with van der Waals surface area (Å²) in [5, 5.41) is 9.82. The fourth-order valence-electron chi connectivity index (χ4n) is 2.31. The fraction of sp³-hybridized carbons (Fsp3) is 0.538. The monoisotopic (exact) mass is 328 g/mol. The van der Waals surface area contributed by atoms with Crippen LogP contribution in [0.1, 0.15) is 12.8 Å². The Kier molecular flexibility index (Phi) is 4.76. The Bertz CT molecular complexity index is 430. The molecule has 2 heterocycles. The Morgan fingerprint density at radius 3 is 2.74 bits per heavy atom. The van der Waals surface area contributed by atoms with Gasteiger partial charge in [0.15, 0.2) is 6.10 Å². The Labute approximate surface area is 120 Å². The summed E-state index contributed by atoms with van der Waals surface area (Å²) in [5.41, 5.74) is 0. The van der Waals surface area contributed by atoms with Crippen molar-refractivity contribution in [2.24, 2.45) is 5.92 Å². The molecule has 1 aromatic heterocycles. The molecule has 0 amide bonds. The molecule has 2 rings (SSSR count). The van der Waals surface area contributed by atoms with Gasteiger partial charge in [0, 0.05) is 23.8 Å². The number of anilines is 1. The zero-order valence-corrected chi connectivity index (χ0v) is 12.3. The van der Waals surface area contributed by atoms with Crippen molar-refractivity contribution in [3.05, 3.63) is 22.8 Å². The van der Waals surface area contributed by atoms with E-state index in [-0.39, 0.29) is 5.92 Å². The second kappa shape index (κ2) is 6.34. The van der Waals surface area contributed by atoms with Crippen LogP contribution >= 0.6 is 15.9 Å². The number of carbonyl (C=O) groups is 1. The number of nitrogens with zero attached hydrogens (tertiary/aromatic N) is 2. The molecule has 0 bridgehead atoms. The Hall–Kier alpha value is -1.14. The van der Waals surface area contributed by atoms with E-state index >= 15 is 0 Å². The first kappa shape index (κ1) is 14.3. The van der Waals surface area contributed by atoms with Crippen LogP contribution < -0.4 is 4.90 Å². The summed E-state index contributed by atoms with van der Waals surface area (Å²) < 4.78 is 5.52. The van der Waals surface area contributed by atoms with Gasteiger partial charge in [-0.25, -0.2) is 9.78 Å². The van der Waals surface area contributed by atoms with Gasteiger partial charge in [0.2, 0.25) is 0 Å². The van der Waals surface area contributed by atoms with E-state index in [0.29, 0.717) is 0 Å². The maximum absolute atomic E-state index is 11.3. The van der Waals surface area contributed by atoms with Crippen molar-refractivity contribution in [1.82, 2.24) is 4.98 Å². The van der Waals surface area contributed by atoms with Crippen LogP contribution in [0.4, 0.5) is 5.82 Å². The number of aromatic nitrogens is 1. The molecule has 1 aromatic rings. The lowest BCUT2D eigenvalue weighted by atomic mass is 9.91. The smallest absolute Gasteiger partial charge is 0.334 e. The number of aliphatic hydroxyl groups excluding tert-OH is 1. The maximum Gasteiger partial charge on any atom is 0.334 e. The van der Waals surface area contributed by atoms with E-state index in [1.807, 2.05) is 12.1 Å². The molecular weight excluding hydrogens is 312 g/mol. The second-order valence-electron chi connectivity index (χ2n) is 4.63.